The zero-order valence-electron chi connectivity index (χ0n) is 12.7. The molecule has 1 heterocycles. The fraction of sp³-hybridized carbons (Fsp3) is 0.600. The number of nitro benzene ring substituents is 1. The maximum absolute atomic E-state index is 11.3. The topological polar surface area (TPSA) is 67.6 Å². The van der Waals surface area contributed by atoms with Gasteiger partial charge in [0.1, 0.15) is 5.69 Å². The first kappa shape index (κ1) is 15.7. The molecule has 21 heavy (non-hydrogen) atoms. The number of rotatable bonds is 7. The summed E-state index contributed by atoms with van der Waals surface area (Å²) < 4.78 is 5.15. The quantitative estimate of drug-likeness (QED) is 0.616. The van der Waals surface area contributed by atoms with E-state index in [0.717, 1.165) is 25.1 Å². The Morgan fingerprint density at radius 3 is 2.95 bits per heavy atom. The van der Waals surface area contributed by atoms with Crippen molar-refractivity contribution < 1.29 is 9.66 Å². The molecular weight excluding hydrogens is 270 g/mol. The number of nitro groups is 1. The van der Waals surface area contributed by atoms with E-state index < -0.39 is 0 Å². The maximum Gasteiger partial charge on any atom is 0.292 e. The van der Waals surface area contributed by atoms with Crippen LogP contribution in [-0.4, -0.2) is 44.3 Å². The van der Waals surface area contributed by atoms with Gasteiger partial charge in [0.15, 0.2) is 0 Å². The minimum Gasteiger partial charge on any atom is -0.383 e. The average molecular weight is 293 g/mol. The monoisotopic (exact) mass is 293 g/mol. The van der Waals surface area contributed by atoms with Crippen LogP contribution in [0.25, 0.3) is 0 Å². The van der Waals surface area contributed by atoms with Gasteiger partial charge in [0.2, 0.25) is 0 Å². The molecule has 116 valence electrons. The van der Waals surface area contributed by atoms with Crippen LogP contribution in [0.4, 0.5) is 11.4 Å². The van der Waals surface area contributed by atoms with Crippen molar-refractivity contribution in [3.05, 3.63) is 33.9 Å². The van der Waals surface area contributed by atoms with Gasteiger partial charge in [-0.1, -0.05) is 6.07 Å². The Hall–Kier alpha value is -1.66. The highest BCUT2D eigenvalue weighted by Crippen LogP contribution is 2.29. The van der Waals surface area contributed by atoms with Gasteiger partial charge in [-0.3, -0.25) is 10.1 Å². The third-order valence-electron chi connectivity index (χ3n) is 3.84. The van der Waals surface area contributed by atoms with Gasteiger partial charge in [0.05, 0.1) is 11.5 Å². The van der Waals surface area contributed by atoms with Crippen LogP contribution in [0.15, 0.2) is 18.2 Å². The van der Waals surface area contributed by atoms with E-state index in [1.807, 2.05) is 19.1 Å². The van der Waals surface area contributed by atoms with Crippen LogP contribution in [0.5, 0.6) is 0 Å². The number of nitrogens with zero attached hydrogens (tertiary/aromatic N) is 2. The molecule has 0 spiro atoms. The number of methoxy groups -OCH3 is 1. The standard InChI is InChI=1S/C15H23N3O3/c1-12-5-6-14(15(10-12)18(19)20)17(8-9-21-2)11-13-4-3-7-16-13/h5-6,10,13,16H,3-4,7-9,11H2,1-2H3. The van der Waals surface area contributed by atoms with Gasteiger partial charge < -0.3 is 15.0 Å². The predicted octanol–water partition coefficient (Wildman–Crippen LogP) is 2.11. The van der Waals surface area contributed by atoms with Gasteiger partial charge in [-0.05, 0) is 37.9 Å². The molecular formula is C15H23N3O3. The minimum atomic E-state index is -0.301. The van der Waals surface area contributed by atoms with E-state index in [9.17, 15) is 10.1 Å². The molecule has 6 heteroatoms. The van der Waals surface area contributed by atoms with Crippen LogP contribution in [0.1, 0.15) is 18.4 Å². The summed E-state index contributed by atoms with van der Waals surface area (Å²) in [6.45, 7) is 4.87. The summed E-state index contributed by atoms with van der Waals surface area (Å²) in [5.74, 6) is 0. The van der Waals surface area contributed by atoms with Crippen LogP contribution in [0.3, 0.4) is 0 Å². The highest BCUT2D eigenvalue weighted by Gasteiger charge is 2.23. The van der Waals surface area contributed by atoms with Crippen LogP contribution >= 0.6 is 0 Å². The highest BCUT2D eigenvalue weighted by molar-refractivity contribution is 5.64. The van der Waals surface area contributed by atoms with Crippen molar-refractivity contribution in [2.24, 2.45) is 0 Å². The van der Waals surface area contributed by atoms with Crippen LogP contribution in [0, 0.1) is 17.0 Å². The molecule has 1 fully saturated rings. The molecule has 0 aliphatic carbocycles. The van der Waals surface area contributed by atoms with Crippen LogP contribution < -0.4 is 10.2 Å². The first-order valence-electron chi connectivity index (χ1n) is 7.34. The number of anilines is 1. The van der Waals surface area contributed by atoms with Gasteiger partial charge in [0, 0.05) is 32.3 Å². The second kappa shape index (κ2) is 7.38. The molecule has 1 saturated heterocycles. The Labute approximate surface area is 125 Å². The van der Waals surface area contributed by atoms with Gasteiger partial charge in [0.25, 0.3) is 5.69 Å². The molecule has 0 radical (unpaired) electrons. The van der Waals surface area contributed by atoms with Gasteiger partial charge in [-0.25, -0.2) is 0 Å². The first-order valence-corrected chi connectivity index (χ1v) is 7.34. The van der Waals surface area contributed by atoms with Crippen molar-refractivity contribution in [1.29, 1.82) is 0 Å². The molecule has 6 nitrogen and oxygen atoms in total. The maximum atomic E-state index is 11.3. The van der Waals surface area contributed by atoms with Crippen molar-refractivity contribution in [2.45, 2.75) is 25.8 Å². The van der Waals surface area contributed by atoms with Crippen LogP contribution in [0.2, 0.25) is 0 Å². The molecule has 0 amide bonds. The SMILES string of the molecule is COCCN(CC1CCCN1)c1ccc(C)cc1[N+](=O)[O-]. The molecule has 0 aromatic heterocycles. The Morgan fingerprint density at radius 2 is 2.33 bits per heavy atom. The second-order valence-corrected chi connectivity index (χ2v) is 5.48. The lowest BCUT2D eigenvalue weighted by molar-refractivity contribution is -0.384. The van der Waals surface area contributed by atoms with Crippen molar-refractivity contribution in [3.8, 4) is 0 Å². The molecule has 1 N–H and O–H groups in total. The largest absolute Gasteiger partial charge is 0.383 e. The summed E-state index contributed by atoms with van der Waals surface area (Å²) in [6.07, 6.45) is 2.28. The zero-order chi connectivity index (χ0) is 15.2. The van der Waals surface area contributed by atoms with Gasteiger partial charge in [-0.2, -0.15) is 0 Å². The molecule has 0 bridgehead atoms. The number of hydrogen-bond acceptors (Lipinski definition) is 5. The van der Waals surface area contributed by atoms with Gasteiger partial charge in [-0.15, -0.1) is 0 Å². The number of nitrogens with one attached hydrogen (secondary N) is 1. The Kier molecular flexibility index (Phi) is 5.52. The van der Waals surface area contributed by atoms with E-state index in [1.54, 1.807) is 13.2 Å². The lowest BCUT2D eigenvalue weighted by atomic mass is 10.1. The van der Waals surface area contributed by atoms with E-state index in [0.29, 0.717) is 24.9 Å². The third kappa shape index (κ3) is 4.15. The zero-order valence-corrected chi connectivity index (χ0v) is 12.7. The Bertz CT molecular complexity index is 487. The van der Waals surface area contributed by atoms with Crippen LogP contribution in [-0.2, 0) is 4.74 Å². The molecule has 1 aromatic carbocycles. The molecule has 2 rings (SSSR count). The molecule has 0 saturated carbocycles. The van der Waals surface area contributed by atoms with E-state index in [4.69, 9.17) is 4.74 Å². The number of aryl methyl sites for hydroxylation is 1. The lowest BCUT2D eigenvalue weighted by Crippen LogP contribution is -2.39. The number of ether oxygens (including phenoxy) is 1. The van der Waals surface area contributed by atoms with Crippen molar-refractivity contribution >= 4 is 11.4 Å². The molecule has 1 unspecified atom stereocenters. The molecule has 1 atom stereocenters. The molecule has 1 aliphatic rings. The average Bonchev–Trinajstić information content (AvgIpc) is 2.96. The smallest absolute Gasteiger partial charge is 0.292 e. The van der Waals surface area contributed by atoms with E-state index in [-0.39, 0.29) is 10.6 Å². The summed E-state index contributed by atoms with van der Waals surface area (Å²) in [7, 11) is 1.65. The van der Waals surface area contributed by atoms with Crippen molar-refractivity contribution in [1.82, 2.24) is 5.32 Å². The first-order chi connectivity index (χ1) is 10.1. The van der Waals surface area contributed by atoms with Crippen molar-refractivity contribution in [2.75, 3.05) is 38.3 Å². The summed E-state index contributed by atoms with van der Waals surface area (Å²) in [5, 5.41) is 14.8. The molecule has 1 aromatic rings. The fourth-order valence-electron chi connectivity index (χ4n) is 2.74. The summed E-state index contributed by atoms with van der Waals surface area (Å²) >= 11 is 0. The summed E-state index contributed by atoms with van der Waals surface area (Å²) in [6, 6.07) is 5.79. The molecule has 1 aliphatic heterocycles. The summed E-state index contributed by atoms with van der Waals surface area (Å²) in [4.78, 5) is 13.1. The summed E-state index contributed by atoms with van der Waals surface area (Å²) in [5.41, 5.74) is 1.75. The van der Waals surface area contributed by atoms with E-state index in [2.05, 4.69) is 10.2 Å². The second-order valence-electron chi connectivity index (χ2n) is 5.48. The Morgan fingerprint density at radius 1 is 1.52 bits per heavy atom. The van der Waals surface area contributed by atoms with Crippen molar-refractivity contribution in [3.63, 3.8) is 0 Å². The van der Waals surface area contributed by atoms with E-state index >= 15 is 0 Å². The van der Waals surface area contributed by atoms with E-state index in [1.165, 1.54) is 6.42 Å². The fourth-order valence-corrected chi connectivity index (χ4v) is 2.74. The highest BCUT2D eigenvalue weighted by atomic mass is 16.6. The normalized spacial score (nSPS) is 17.9. The third-order valence-corrected chi connectivity index (χ3v) is 3.84. The van der Waals surface area contributed by atoms with Gasteiger partial charge >= 0.3 is 0 Å². The lowest BCUT2D eigenvalue weighted by Gasteiger charge is -2.27. The number of benzene rings is 1. The minimum absolute atomic E-state index is 0.170. The Balaban J connectivity index is 2.23. The number of hydrogen-bond donors (Lipinski definition) is 1. The predicted molar refractivity (Wildman–Crippen MR) is 82.9 cm³/mol.